The molecule has 2 heterocycles. The van der Waals surface area contributed by atoms with Crippen molar-refractivity contribution in [3.63, 3.8) is 0 Å². The van der Waals surface area contributed by atoms with E-state index >= 15 is 0 Å². The van der Waals surface area contributed by atoms with E-state index in [1.807, 2.05) is 24.1 Å². The van der Waals surface area contributed by atoms with Crippen molar-refractivity contribution in [3.8, 4) is 16.9 Å². The highest BCUT2D eigenvalue weighted by Gasteiger charge is 2.25. The number of ether oxygens (including phenoxy) is 1. The summed E-state index contributed by atoms with van der Waals surface area (Å²) >= 11 is 18.6. The molecule has 30 heavy (non-hydrogen) atoms. The summed E-state index contributed by atoms with van der Waals surface area (Å²) in [5, 5.41) is 8.03. The largest absolute Gasteiger partial charge is 0.379 e. The molecule has 0 bridgehead atoms. The molecule has 0 unspecified atom stereocenters. The average Bonchev–Trinajstić information content (AvgIpc) is 3.06. The van der Waals surface area contributed by atoms with Gasteiger partial charge in [-0.3, -0.25) is 10.2 Å². The Balaban J connectivity index is 1.80. The number of halogens is 3. The molecule has 9 heteroatoms. The molecule has 0 aliphatic carbocycles. The van der Waals surface area contributed by atoms with E-state index in [2.05, 4.69) is 10.5 Å². The Morgan fingerprint density at radius 1 is 1.03 bits per heavy atom. The van der Waals surface area contributed by atoms with Crippen LogP contribution >= 0.6 is 34.8 Å². The lowest BCUT2D eigenvalue weighted by Gasteiger charge is -2.26. The standard InChI is InChI=1S/C21H19Cl3N4O2/c1-13-19(21(29)26-27-8-10-30-11-9-27)25-28(18-7-6-16(23)12-17(18)24)20(13)14-2-4-15(22)5-3-14/h2-7,12H,8-11H2,1H3,(H,26,29). The predicted octanol–water partition coefficient (Wildman–Crippen LogP) is 4.78. The second-order valence-corrected chi connectivity index (χ2v) is 8.16. The minimum atomic E-state index is -0.284. The van der Waals surface area contributed by atoms with Gasteiger partial charge in [-0.25, -0.2) is 9.69 Å². The van der Waals surface area contributed by atoms with Crippen LogP contribution in [0.3, 0.4) is 0 Å². The number of rotatable bonds is 4. The van der Waals surface area contributed by atoms with Gasteiger partial charge in [0, 0.05) is 34.3 Å². The van der Waals surface area contributed by atoms with Gasteiger partial charge < -0.3 is 4.74 Å². The van der Waals surface area contributed by atoms with Gasteiger partial charge in [0.05, 0.1) is 29.6 Å². The van der Waals surface area contributed by atoms with Gasteiger partial charge in [-0.2, -0.15) is 5.10 Å². The fourth-order valence-electron chi connectivity index (χ4n) is 3.36. The van der Waals surface area contributed by atoms with Gasteiger partial charge >= 0.3 is 0 Å². The molecule has 156 valence electrons. The average molecular weight is 466 g/mol. The molecule has 3 aromatic rings. The Morgan fingerprint density at radius 3 is 2.37 bits per heavy atom. The number of morpholine rings is 1. The second-order valence-electron chi connectivity index (χ2n) is 6.88. The van der Waals surface area contributed by atoms with Crippen LogP contribution in [0.25, 0.3) is 16.9 Å². The number of benzene rings is 2. The molecule has 6 nitrogen and oxygen atoms in total. The lowest BCUT2D eigenvalue weighted by molar-refractivity contribution is 0.0124. The molecule has 1 amide bonds. The number of carbonyl (C=O) groups is 1. The zero-order valence-electron chi connectivity index (χ0n) is 16.2. The molecule has 1 saturated heterocycles. The van der Waals surface area contributed by atoms with Crippen molar-refractivity contribution in [1.29, 1.82) is 0 Å². The Labute approximate surface area is 189 Å². The summed E-state index contributed by atoms with van der Waals surface area (Å²) in [7, 11) is 0. The van der Waals surface area contributed by atoms with Crippen LogP contribution in [0.15, 0.2) is 42.5 Å². The number of carbonyl (C=O) groups excluding carboxylic acids is 1. The third-order valence-corrected chi connectivity index (χ3v) is 5.65. The highest BCUT2D eigenvalue weighted by Crippen LogP contribution is 2.33. The Morgan fingerprint density at radius 2 is 1.70 bits per heavy atom. The Kier molecular flexibility index (Phi) is 6.32. The first kappa shape index (κ1) is 21.2. The summed E-state index contributed by atoms with van der Waals surface area (Å²) < 4.78 is 7.01. The molecule has 0 radical (unpaired) electrons. The molecular formula is C21H19Cl3N4O2. The monoisotopic (exact) mass is 464 g/mol. The molecule has 0 atom stereocenters. The van der Waals surface area contributed by atoms with Crippen LogP contribution in [0.5, 0.6) is 0 Å². The van der Waals surface area contributed by atoms with E-state index in [4.69, 9.17) is 39.5 Å². The summed E-state index contributed by atoms with van der Waals surface area (Å²) in [4.78, 5) is 13.0. The Hall–Kier alpha value is -2.09. The normalized spacial score (nSPS) is 14.7. The van der Waals surface area contributed by atoms with Gasteiger partial charge in [0.25, 0.3) is 5.91 Å². The maximum atomic E-state index is 13.0. The van der Waals surface area contributed by atoms with Crippen LogP contribution in [0, 0.1) is 6.92 Å². The third kappa shape index (κ3) is 4.33. The lowest BCUT2D eigenvalue weighted by Crippen LogP contribution is -2.48. The molecule has 0 saturated carbocycles. The molecule has 2 aromatic carbocycles. The summed E-state index contributed by atoms with van der Waals surface area (Å²) in [5.41, 5.74) is 6.20. The first-order valence-corrected chi connectivity index (χ1v) is 10.5. The van der Waals surface area contributed by atoms with E-state index in [-0.39, 0.29) is 5.91 Å². The van der Waals surface area contributed by atoms with Crippen molar-refractivity contribution in [3.05, 3.63) is 68.8 Å². The van der Waals surface area contributed by atoms with Gasteiger partial charge in [-0.15, -0.1) is 0 Å². The molecular weight excluding hydrogens is 447 g/mol. The number of aromatic nitrogens is 2. The maximum Gasteiger partial charge on any atom is 0.286 e. The van der Waals surface area contributed by atoms with E-state index in [0.29, 0.717) is 52.8 Å². The van der Waals surface area contributed by atoms with Crippen molar-refractivity contribution < 1.29 is 9.53 Å². The van der Waals surface area contributed by atoms with Crippen LogP contribution in [0.1, 0.15) is 16.1 Å². The van der Waals surface area contributed by atoms with E-state index in [1.165, 1.54) is 0 Å². The highest BCUT2D eigenvalue weighted by atomic mass is 35.5. The van der Waals surface area contributed by atoms with Crippen molar-refractivity contribution in [2.45, 2.75) is 6.92 Å². The summed E-state index contributed by atoms with van der Waals surface area (Å²) in [5.74, 6) is -0.284. The lowest BCUT2D eigenvalue weighted by atomic mass is 10.1. The molecule has 1 fully saturated rings. The maximum absolute atomic E-state index is 13.0. The molecule has 4 rings (SSSR count). The van der Waals surface area contributed by atoms with Gasteiger partial charge in [-0.1, -0.05) is 46.9 Å². The highest BCUT2D eigenvalue weighted by molar-refractivity contribution is 6.35. The Bertz CT molecular complexity index is 1080. The fraction of sp³-hybridized carbons (Fsp3) is 0.238. The number of hydrazine groups is 1. The number of nitrogens with zero attached hydrogens (tertiary/aromatic N) is 3. The van der Waals surface area contributed by atoms with E-state index < -0.39 is 0 Å². The van der Waals surface area contributed by atoms with Crippen LogP contribution in [-0.2, 0) is 4.74 Å². The number of hydrogen-bond donors (Lipinski definition) is 1. The van der Waals surface area contributed by atoms with Gasteiger partial charge in [-0.05, 0) is 37.3 Å². The smallest absolute Gasteiger partial charge is 0.286 e. The van der Waals surface area contributed by atoms with Crippen LogP contribution in [0.4, 0.5) is 0 Å². The molecule has 1 N–H and O–H groups in total. The third-order valence-electron chi connectivity index (χ3n) is 4.86. The SMILES string of the molecule is Cc1c(C(=O)NN2CCOCC2)nn(-c2ccc(Cl)cc2Cl)c1-c1ccc(Cl)cc1. The van der Waals surface area contributed by atoms with Crippen molar-refractivity contribution in [2.24, 2.45) is 0 Å². The zero-order chi connectivity index (χ0) is 21.3. The van der Waals surface area contributed by atoms with Crippen molar-refractivity contribution in [1.82, 2.24) is 20.2 Å². The number of nitrogens with one attached hydrogen (secondary N) is 1. The molecule has 1 aliphatic rings. The number of amides is 1. The van der Waals surface area contributed by atoms with Gasteiger partial charge in [0.1, 0.15) is 0 Å². The fourth-order valence-corrected chi connectivity index (χ4v) is 3.97. The predicted molar refractivity (Wildman–Crippen MR) is 119 cm³/mol. The molecule has 1 aliphatic heterocycles. The van der Waals surface area contributed by atoms with Crippen LogP contribution in [0.2, 0.25) is 15.1 Å². The summed E-state index contributed by atoms with van der Waals surface area (Å²) in [6.07, 6.45) is 0. The van der Waals surface area contributed by atoms with E-state index in [9.17, 15) is 4.79 Å². The van der Waals surface area contributed by atoms with Crippen LogP contribution < -0.4 is 5.43 Å². The first-order valence-electron chi connectivity index (χ1n) is 9.38. The van der Waals surface area contributed by atoms with Crippen LogP contribution in [-0.4, -0.2) is 47.0 Å². The van der Waals surface area contributed by atoms with E-state index in [1.54, 1.807) is 35.0 Å². The van der Waals surface area contributed by atoms with E-state index in [0.717, 1.165) is 16.8 Å². The molecule has 0 spiro atoms. The first-order chi connectivity index (χ1) is 14.4. The summed E-state index contributed by atoms with van der Waals surface area (Å²) in [6, 6.07) is 12.5. The quantitative estimate of drug-likeness (QED) is 0.602. The second kappa shape index (κ2) is 8.96. The van der Waals surface area contributed by atoms with Gasteiger partial charge in [0.15, 0.2) is 5.69 Å². The summed E-state index contributed by atoms with van der Waals surface area (Å²) in [6.45, 7) is 4.26. The topological polar surface area (TPSA) is 59.4 Å². The van der Waals surface area contributed by atoms with Crippen molar-refractivity contribution >= 4 is 40.7 Å². The minimum absolute atomic E-state index is 0.284. The van der Waals surface area contributed by atoms with Gasteiger partial charge in [0.2, 0.25) is 0 Å². The minimum Gasteiger partial charge on any atom is -0.379 e. The van der Waals surface area contributed by atoms with Crippen molar-refractivity contribution in [2.75, 3.05) is 26.3 Å². The zero-order valence-corrected chi connectivity index (χ0v) is 18.4. The molecule has 1 aromatic heterocycles. The number of hydrogen-bond acceptors (Lipinski definition) is 4.